The summed E-state index contributed by atoms with van der Waals surface area (Å²) in [6.45, 7) is 6.90. The first-order valence-electron chi connectivity index (χ1n) is 11.8. The molecule has 2 heterocycles. The molecule has 164 valence electrons. The standard InChI is InChI=1S/C29H31NO2/c1-28(2)26-11-7-6-10-24(26)25-13-12-21(14-27(25)28)29(31)15-22-18-32-19-23(16-29)30(22)17-20-8-4-3-5-9-20/h3-14,22-23,31H,15-19H2,1-2H3. The molecule has 2 atom stereocenters. The molecule has 1 aliphatic carbocycles. The van der Waals surface area contributed by atoms with Crippen LogP contribution in [0, 0.1) is 0 Å². The maximum Gasteiger partial charge on any atom is 0.0928 e. The highest BCUT2D eigenvalue weighted by Gasteiger charge is 2.47. The summed E-state index contributed by atoms with van der Waals surface area (Å²) in [4.78, 5) is 2.56. The molecule has 3 heteroatoms. The topological polar surface area (TPSA) is 32.7 Å². The van der Waals surface area contributed by atoms with Crippen LogP contribution in [0.4, 0.5) is 0 Å². The van der Waals surface area contributed by atoms with Crippen LogP contribution < -0.4 is 0 Å². The summed E-state index contributed by atoms with van der Waals surface area (Å²) in [6, 6.07) is 26.5. The molecule has 3 aromatic rings. The lowest BCUT2D eigenvalue weighted by Crippen LogP contribution is -2.60. The molecular formula is C29H31NO2. The number of hydrogen-bond acceptors (Lipinski definition) is 3. The summed E-state index contributed by atoms with van der Waals surface area (Å²) in [5.74, 6) is 0. The molecule has 3 aliphatic rings. The first-order chi connectivity index (χ1) is 15.5. The van der Waals surface area contributed by atoms with Gasteiger partial charge in [0.1, 0.15) is 0 Å². The van der Waals surface area contributed by atoms with Crippen LogP contribution in [0.15, 0.2) is 72.8 Å². The van der Waals surface area contributed by atoms with Gasteiger partial charge in [-0.25, -0.2) is 0 Å². The second-order valence-corrected chi connectivity index (χ2v) is 10.4. The summed E-state index contributed by atoms with van der Waals surface area (Å²) >= 11 is 0. The number of ether oxygens (including phenoxy) is 1. The Balaban J connectivity index is 1.33. The van der Waals surface area contributed by atoms with Crippen LogP contribution in [0.1, 0.15) is 48.9 Å². The van der Waals surface area contributed by atoms with Crippen molar-refractivity contribution in [3.8, 4) is 11.1 Å². The number of rotatable bonds is 3. The van der Waals surface area contributed by atoms with E-state index in [2.05, 4.69) is 91.5 Å². The fourth-order valence-corrected chi connectivity index (χ4v) is 6.33. The van der Waals surface area contributed by atoms with E-state index in [4.69, 9.17) is 4.74 Å². The lowest BCUT2D eigenvalue weighted by Gasteiger charge is -2.52. The lowest BCUT2D eigenvalue weighted by molar-refractivity contribution is -0.149. The summed E-state index contributed by atoms with van der Waals surface area (Å²) in [5, 5.41) is 12.0. The molecule has 1 N–H and O–H groups in total. The summed E-state index contributed by atoms with van der Waals surface area (Å²) < 4.78 is 5.93. The van der Waals surface area contributed by atoms with Gasteiger partial charge in [-0.05, 0) is 46.2 Å². The first kappa shape index (κ1) is 20.2. The molecular weight excluding hydrogens is 394 g/mol. The molecule has 0 amide bonds. The second-order valence-electron chi connectivity index (χ2n) is 10.4. The van der Waals surface area contributed by atoms with Gasteiger partial charge in [-0.3, -0.25) is 4.90 Å². The van der Waals surface area contributed by atoms with Crippen molar-refractivity contribution in [1.82, 2.24) is 4.90 Å². The normalized spacial score (nSPS) is 28.2. The highest BCUT2D eigenvalue weighted by molar-refractivity contribution is 5.81. The zero-order valence-corrected chi connectivity index (χ0v) is 18.9. The Morgan fingerprint density at radius 3 is 2.25 bits per heavy atom. The van der Waals surface area contributed by atoms with Crippen LogP contribution in [-0.2, 0) is 22.3 Å². The number of morpholine rings is 1. The van der Waals surface area contributed by atoms with E-state index in [-0.39, 0.29) is 17.5 Å². The Bertz CT molecular complexity index is 1140. The van der Waals surface area contributed by atoms with Gasteiger partial charge in [0.25, 0.3) is 0 Å². The van der Waals surface area contributed by atoms with E-state index in [9.17, 15) is 5.11 Å². The third-order valence-electron chi connectivity index (χ3n) is 8.03. The van der Waals surface area contributed by atoms with Crippen molar-refractivity contribution in [2.24, 2.45) is 0 Å². The van der Waals surface area contributed by atoms with Crippen molar-refractivity contribution in [2.75, 3.05) is 13.2 Å². The Morgan fingerprint density at radius 1 is 0.844 bits per heavy atom. The predicted molar refractivity (Wildman–Crippen MR) is 128 cm³/mol. The van der Waals surface area contributed by atoms with Crippen LogP contribution in [0.5, 0.6) is 0 Å². The molecule has 0 spiro atoms. The Hall–Kier alpha value is -2.46. The van der Waals surface area contributed by atoms with E-state index in [1.54, 1.807) is 0 Å². The summed E-state index contributed by atoms with van der Waals surface area (Å²) in [5.41, 5.74) is 6.87. The van der Waals surface area contributed by atoms with Gasteiger partial charge in [-0.15, -0.1) is 0 Å². The van der Waals surface area contributed by atoms with Crippen LogP contribution in [0.25, 0.3) is 11.1 Å². The fourth-order valence-electron chi connectivity index (χ4n) is 6.33. The molecule has 2 fully saturated rings. The molecule has 3 aromatic carbocycles. The van der Waals surface area contributed by atoms with Crippen LogP contribution in [-0.4, -0.2) is 35.3 Å². The van der Waals surface area contributed by atoms with E-state index in [1.807, 2.05) is 0 Å². The van der Waals surface area contributed by atoms with Crippen molar-refractivity contribution >= 4 is 0 Å². The Kier molecular flexibility index (Phi) is 4.59. The number of hydrogen-bond donors (Lipinski definition) is 1. The number of piperidine rings is 1. The van der Waals surface area contributed by atoms with Crippen LogP contribution in [0.2, 0.25) is 0 Å². The Morgan fingerprint density at radius 2 is 1.50 bits per heavy atom. The molecule has 3 nitrogen and oxygen atoms in total. The lowest BCUT2D eigenvalue weighted by atomic mass is 9.74. The number of fused-ring (bicyclic) bond motifs is 5. The molecule has 0 saturated carbocycles. The predicted octanol–water partition coefficient (Wildman–Crippen LogP) is 5.24. The minimum atomic E-state index is -0.813. The van der Waals surface area contributed by atoms with Gasteiger partial charge in [-0.2, -0.15) is 0 Å². The number of aliphatic hydroxyl groups is 1. The van der Waals surface area contributed by atoms with Crippen molar-refractivity contribution < 1.29 is 9.84 Å². The van der Waals surface area contributed by atoms with Gasteiger partial charge in [-0.1, -0.05) is 86.6 Å². The largest absolute Gasteiger partial charge is 0.385 e. The Labute approximate surface area is 190 Å². The quantitative estimate of drug-likeness (QED) is 0.623. The van der Waals surface area contributed by atoms with Crippen molar-refractivity contribution in [3.05, 3.63) is 95.1 Å². The van der Waals surface area contributed by atoms with Crippen LogP contribution >= 0.6 is 0 Å². The second kappa shape index (κ2) is 7.28. The van der Waals surface area contributed by atoms with Crippen molar-refractivity contribution in [1.29, 1.82) is 0 Å². The molecule has 2 saturated heterocycles. The molecule has 0 radical (unpaired) electrons. The first-order valence-corrected chi connectivity index (χ1v) is 11.8. The summed E-state index contributed by atoms with van der Waals surface area (Å²) in [7, 11) is 0. The number of nitrogens with zero attached hydrogens (tertiary/aromatic N) is 1. The molecule has 2 bridgehead atoms. The fraction of sp³-hybridized carbons (Fsp3) is 0.379. The van der Waals surface area contributed by atoms with E-state index in [1.165, 1.54) is 27.8 Å². The van der Waals surface area contributed by atoms with E-state index in [0.717, 1.165) is 12.1 Å². The summed E-state index contributed by atoms with van der Waals surface area (Å²) in [6.07, 6.45) is 1.42. The van der Waals surface area contributed by atoms with Gasteiger partial charge in [0.2, 0.25) is 0 Å². The molecule has 2 aliphatic heterocycles. The minimum Gasteiger partial charge on any atom is -0.385 e. The van der Waals surface area contributed by atoms with Gasteiger partial charge >= 0.3 is 0 Å². The van der Waals surface area contributed by atoms with Gasteiger partial charge in [0.15, 0.2) is 0 Å². The highest BCUT2D eigenvalue weighted by Crippen LogP contribution is 2.50. The zero-order valence-electron chi connectivity index (χ0n) is 18.9. The zero-order chi connectivity index (χ0) is 21.9. The average molecular weight is 426 g/mol. The van der Waals surface area contributed by atoms with Crippen molar-refractivity contribution in [2.45, 2.75) is 56.3 Å². The molecule has 32 heavy (non-hydrogen) atoms. The van der Waals surface area contributed by atoms with Gasteiger partial charge in [0.05, 0.1) is 18.8 Å². The van der Waals surface area contributed by atoms with E-state index in [0.29, 0.717) is 26.1 Å². The third kappa shape index (κ3) is 3.07. The average Bonchev–Trinajstić information content (AvgIpc) is 3.02. The van der Waals surface area contributed by atoms with E-state index < -0.39 is 5.60 Å². The van der Waals surface area contributed by atoms with Crippen LogP contribution in [0.3, 0.4) is 0 Å². The SMILES string of the molecule is CC1(C)c2ccccc2-c2ccc(C3(O)CC4COCC(C3)N4Cc3ccccc3)cc21. The van der Waals surface area contributed by atoms with E-state index >= 15 is 0 Å². The maximum absolute atomic E-state index is 12.0. The molecule has 6 rings (SSSR count). The smallest absolute Gasteiger partial charge is 0.0928 e. The molecule has 0 aromatic heterocycles. The monoisotopic (exact) mass is 425 g/mol. The van der Waals surface area contributed by atoms with Gasteiger partial charge < -0.3 is 9.84 Å². The third-order valence-corrected chi connectivity index (χ3v) is 8.03. The maximum atomic E-state index is 12.0. The number of benzene rings is 3. The minimum absolute atomic E-state index is 0.0503. The molecule has 2 unspecified atom stereocenters. The van der Waals surface area contributed by atoms with Crippen molar-refractivity contribution in [3.63, 3.8) is 0 Å². The van der Waals surface area contributed by atoms with Gasteiger partial charge in [0, 0.05) is 24.0 Å². The highest BCUT2D eigenvalue weighted by atomic mass is 16.5.